The Morgan fingerprint density at radius 3 is 1.85 bits per heavy atom. The van der Waals surface area contributed by atoms with E-state index in [0.29, 0.717) is 0 Å². The molecule has 3 nitrogen and oxygen atoms in total. The Morgan fingerprint density at radius 1 is 0.923 bits per heavy atom. The van der Waals surface area contributed by atoms with Crippen LogP contribution in [0.3, 0.4) is 0 Å². The molecule has 3 aliphatic rings. The molecule has 0 radical (unpaired) electrons. The Balaban J connectivity index is 2.10. The molecule has 3 heterocycles. The van der Waals surface area contributed by atoms with Crippen LogP contribution in [0.15, 0.2) is 0 Å². The van der Waals surface area contributed by atoms with E-state index in [0.717, 1.165) is 26.1 Å². The summed E-state index contributed by atoms with van der Waals surface area (Å²) < 4.78 is 11.8. The van der Waals surface area contributed by atoms with Gasteiger partial charge in [0.2, 0.25) is 0 Å². The highest BCUT2D eigenvalue weighted by molar-refractivity contribution is 5.12. The largest absolute Gasteiger partial charge is 0.359 e. The van der Waals surface area contributed by atoms with Crippen LogP contribution in [0.25, 0.3) is 0 Å². The lowest BCUT2D eigenvalue weighted by molar-refractivity contribution is -0.124. The van der Waals surface area contributed by atoms with Crippen LogP contribution < -0.4 is 0 Å². The highest BCUT2D eigenvalue weighted by Crippen LogP contribution is 2.55. The summed E-state index contributed by atoms with van der Waals surface area (Å²) in [5.74, 6) is 0. The molecule has 0 amide bonds. The van der Waals surface area contributed by atoms with Crippen LogP contribution in [0.2, 0.25) is 0 Å². The van der Waals surface area contributed by atoms with Gasteiger partial charge in [-0.25, -0.2) is 4.90 Å². The Kier molecular flexibility index (Phi) is 1.23. The van der Waals surface area contributed by atoms with Crippen LogP contribution in [0, 0.1) is 0 Å². The van der Waals surface area contributed by atoms with Crippen LogP contribution in [0.1, 0.15) is 33.6 Å². The minimum atomic E-state index is -0.0556. The van der Waals surface area contributed by atoms with Crippen molar-refractivity contribution >= 4 is 0 Å². The summed E-state index contributed by atoms with van der Waals surface area (Å²) in [6.07, 6.45) is 2.19. The molecular formula is C10H17NO2. The molecule has 0 aliphatic carbocycles. The van der Waals surface area contributed by atoms with Crippen LogP contribution >= 0.6 is 0 Å². The molecule has 3 rings (SSSR count). The average Bonchev–Trinajstić information content (AvgIpc) is 2.58. The lowest BCUT2D eigenvalue weighted by Crippen LogP contribution is -2.52. The van der Waals surface area contributed by atoms with Crippen molar-refractivity contribution in [2.45, 2.75) is 50.6 Å². The zero-order valence-electron chi connectivity index (χ0n) is 8.59. The Labute approximate surface area is 79.0 Å². The van der Waals surface area contributed by atoms with Gasteiger partial charge in [0.15, 0.2) is 0 Å². The van der Waals surface area contributed by atoms with Crippen molar-refractivity contribution in [3.63, 3.8) is 0 Å². The number of ether oxygens (including phenoxy) is 2. The van der Waals surface area contributed by atoms with Gasteiger partial charge in [0.05, 0.1) is 18.8 Å². The van der Waals surface area contributed by atoms with E-state index < -0.39 is 0 Å². The van der Waals surface area contributed by atoms with E-state index >= 15 is 0 Å². The van der Waals surface area contributed by atoms with Crippen molar-refractivity contribution in [3.8, 4) is 0 Å². The summed E-state index contributed by atoms with van der Waals surface area (Å²) in [7, 11) is 0. The Morgan fingerprint density at radius 2 is 1.38 bits per heavy atom. The molecule has 0 aromatic heterocycles. The summed E-state index contributed by atoms with van der Waals surface area (Å²) in [5.41, 5.74) is 0.0139. The maximum absolute atomic E-state index is 5.91. The summed E-state index contributed by atoms with van der Waals surface area (Å²) in [6.45, 7) is 8.27. The maximum atomic E-state index is 5.91. The molecular weight excluding hydrogens is 166 g/mol. The second-order valence-corrected chi connectivity index (χ2v) is 5.26. The van der Waals surface area contributed by atoms with E-state index in [9.17, 15) is 0 Å². The number of hydrogen-bond acceptors (Lipinski definition) is 3. The van der Waals surface area contributed by atoms with Gasteiger partial charge in [0.25, 0.3) is 0 Å². The lowest BCUT2D eigenvalue weighted by Gasteiger charge is -2.36. The van der Waals surface area contributed by atoms with E-state index in [1.54, 1.807) is 0 Å². The third-order valence-corrected chi connectivity index (χ3v) is 3.93. The fraction of sp³-hybridized carbons (Fsp3) is 1.00. The average molecular weight is 183 g/mol. The zero-order valence-corrected chi connectivity index (χ0v) is 8.59. The first-order valence-corrected chi connectivity index (χ1v) is 5.07. The Bertz CT molecular complexity index is 209. The summed E-state index contributed by atoms with van der Waals surface area (Å²) in [6, 6.07) is 0. The van der Waals surface area contributed by atoms with Gasteiger partial charge in [-0.3, -0.25) is 0 Å². The van der Waals surface area contributed by atoms with E-state index in [1.807, 2.05) is 0 Å². The summed E-state index contributed by atoms with van der Waals surface area (Å²) in [5, 5.41) is 0. The molecule has 3 fully saturated rings. The normalized spacial score (nSPS) is 60.2. The van der Waals surface area contributed by atoms with Gasteiger partial charge >= 0.3 is 0 Å². The summed E-state index contributed by atoms with van der Waals surface area (Å²) >= 11 is 0. The smallest absolute Gasteiger partial charge is 0.121 e. The quantitative estimate of drug-likeness (QED) is 0.565. The van der Waals surface area contributed by atoms with Crippen LogP contribution in [0.5, 0.6) is 0 Å². The highest BCUT2D eigenvalue weighted by Gasteiger charge is 2.67. The van der Waals surface area contributed by atoms with Crippen molar-refractivity contribution in [3.05, 3.63) is 0 Å². The maximum Gasteiger partial charge on any atom is 0.121 e. The fourth-order valence-electron chi connectivity index (χ4n) is 3.40. The minimum Gasteiger partial charge on any atom is -0.359 e. The van der Waals surface area contributed by atoms with Crippen LogP contribution in [-0.2, 0) is 9.47 Å². The second kappa shape index (κ2) is 1.95. The molecule has 0 N–H and O–H groups in total. The molecule has 0 saturated carbocycles. The van der Waals surface area contributed by atoms with E-state index in [4.69, 9.17) is 9.47 Å². The third kappa shape index (κ3) is 0.767. The molecule has 3 saturated heterocycles. The van der Waals surface area contributed by atoms with Crippen LogP contribution in [0.4, 0.5) is 0 Å². The first-order chi connectivity index (χ1) is 5.99. The van der Waals surface area contributed by atoms with Crippen molar-refractivity contribution < 1.29 is 9.47 Å². The number of rotatable bonds is 0. The number of nitrogens with zero attached hydrogens (tertiary/aromatic N) is 1. The Hall–Kier alpha value is -0.120. The van der Waals surface area contributed by atoms with Crippen molar-refractivity contribution in [2.24, 2.45) is 0 Å². The van der Waals surface area contributed by atoms with E-state index in [1.165, 1.54) is 0 Å². The fourth-order valence-corrected chi connectivity index (χ4v) is 3.40. The molecule has 3 heteroatoms. The van der Waals surface area contributed by atoms with Gasteiger partial charge in [-0.15, -0.1) is 0 Å². The molecule has 1 unspecified atom stereocenters. The van der Waals surface area contributed by atoms with Gasteiger partial charge in [0, 0.05) is 0 Å². The first-order valence-electron chi connectivity index (χ1n) is 5.07. The molecule has 3 atom stereocenters. The van der Waals surface area contributed by atoms with Gasteiger partial charge in [0.1, 0.15) is 11.4 Å². The van der Waals surface area contributed by atoms with Crippen molar-refractivity contribution in [1.29, 1.82) is 0 Å². The molecule has 0 aromatic carbocycles. The van der Waals surface area contributed by atoms with E-state index in [-0.39, 0.29) is 17.0 Å². The summed E-state index contributed by atoms with van der Waals surface area (Å²) in [4.78, 5) is 2.45. The molecule has 0 bridgehead atoms. The van der Waals surface area contributed by atoms with Gasteiger partial charge in [-0.1, -0.05) is 0 Å². The number of hydrogen-bond donors (Lipinski definition) is 0. The molecule has 0 spiro atoms. The predicted molar refractivity (Wildman–Crippen MR) is 48.2 cm³/mol. The first kappa shape index (κ1) is 8.21. The zero-order chi connectivity index (χ0) is 9.32. The SMILES string of the molecule is CC12CO[C@]3(C)CC[C@](C)(OC1)N23. The predicted octanol–water partition coefficient (Wildman–Crippen LogP) is 1.33. The molecule has 13 heavy (non-hydrogen) atoms. The van der Waals surface area contributed by atoms with Gasteiger partial charge in [-0.05, 0) is 33.6 Å². The third-order valence-electron chi connectivity index (χ3n) is 3.93. The van der Waals surface area contributed by atoms with Gasteiger partial charge < -0.3 is 9.47 Å². The molecule has 3 aliphatic heterocycles. The van der Waals surface area contributed by atoms with Crippen LogP contribution in [-0.4, -0.2) is 35.1 Å². The van der Waals surface area contributed by atoms with Crippen molar-refractivity contribution in [1.82, 2.24) is 4.90 Å². The standard InChI is InChI=1S/C10H17NO2/c1-8-6-12-9(2)4-5-10(3,11(8)9)13-7-8/h4-7H2,1-3H3/t8?,9-,10+. The second-order valence-electron chi connectivity index (χ2n) is 5.26. The molecule has 74 valence electrons. The monoisotopic (exact) mass is 183 g/mol. The van der Waals surface area contributed by atoms with E-state index in [2.05, 4.69) is 25.7 Å². The highest BCUT2D eigenvalue weighted by atomic mass is 16.6. The molecule has 0 aromatic rings. The van der Waals surface area contributed by atoms with Crippen molar-refractivity contribution in [2.75, 3.05) is 13.2 Å². The van der Waals surface area contributed by atoms with Gasteiger partial charge in [-0.2, -0.15) is 0 Å². The lowest BCUT2D eigenvalue weighted by atomic mass is 10.0. The minimum absolute atomic E-state index is 0.0556. The topological polar surface area (TPSA) is 21.7 Å².